The van der Waals surface area contributed by atoms with Gasteiger partial charge in [0.25, 0.3) is 5.95 Å². The summed E-state index contributed by atoms with van der Waals surface area (Å²) in [6, 6.07) is 0. The van der Waals surface area contributed by atoms with Gasteiger partial charge in [-0.2, -0.15) is 4.80 Å². The molecular weight excluding hydrogens is 216 g/mol. The highest BCUT2D eigenvalue weighted by Gasteiger charge is 2.20. The van der Waals surface area contributed by atoms with Crippen molar-refractivity contribution in [3.05, 3.63) is 0 Å². The van der Waals surface area contributed by atoms with E-state index in [0.29, 0.717) is 6.42 Å². The van der Waals surface area contributed by atoms with Crippen LogP contribution in [0.25, 0.3) is 0 Å². The first-order valence-electron chi connectivity index (χ1n) is 4.38. The highest BCUT2D eigenvalue weighted by Crippen LogP contribution is 2.06. The second kappa shape index (κ2) is 4.78. The number of aryl methyl sites for hydroxylation is 1. The third-order valence-electron chi connectivity index (χ3n) is 1.81. The molecule has 8 heteroatoms. The predicted molar refractivity (Wildman–Crippen MR) is 58.0 cm³/mol. The van der Waals surface area contributed by atoms with Gasteiger partial charge >= 0.3 is 0 Å². The Morgan fingerprint density at radius 3 is 2.80 bits per heavy atom. The number of thiocarbonyl (C=S) groups is 1. The van der Waals surface area contributed by atoms with Crippen LogP contribution < -0.4 is 11.1 Å². The summed E-state index contributed by atoms with van der Waals surface area (Å²) < 4.78 is 0. The summed E-state index contributed by atoms with van der Waals surface area (Å²) in [4.78, 5) is 13.0. The molecule has 0 bridgehead atoms. The number of carbonyl (C=O) groups excluding carboxylic acids is 1. The molecule has 15 heavy (non-hydrogen) atoms. The Morgan fingerprint density at radius 1 is 1.73 bits per heavy atom. The van der Waals surface area contributed by atoms with Crippen LogP contribution in [0.5, 0.6) is 0 Å². The molecule has 0 saturated heterocycles. The number of nitrogens with one attached hydrogen (secondary N) is 1. The lowest BCUT2D eigenvalue weighted by Crippen LogP contribution is -2.33. The van der Waals surface area contributed by atoms with Crippen molar-refractivity contribution in [1.82, 2.24) is 20.2 Å². The lowest BCUT2D eigenvalue weighted by atomic mass is 10.1. The van der Waals surface area contributed by atoms with Crippen LogP contribution in [-0.2, 0) is 11.8 Å². The number of carbonyl (C=O) groups is 1. The second-order valence-corrected chi connectivity index (χ2v) is 3.43. The molecule has 0 saturated carbocycles. The lowest BCUT2D eigenvalue weighted by Gasteiger charge is -2.10. The number of amides is 1. The molecule has 1 aromatic heterocycles. The number of hydrogen-bond donors (Lipinski definition) is 2. The van der Waals surface area contributed by atoms with Crippen molar-refractivity contribution in [3.8, 4) is 0 Å². The van der Waals surface area contributed by atoms with E-state index in [2.05, 4.69) is 20.7 Å². The smallest absolute Gasteiger partial charge is 0.270 e. The first-order valence-corrected chi connectivity index (χ1v) is 4.79. The molecule has 0 aliphatic rings. The fourth-order valence-corrected chi connectivity index (χ4v) is 1.32. The van der Waals surface area contributed by atoms with E-state index >= 15 is 0 Å². The molecule has 0 aliphatic carbocycles. The SMILES string of the molecule is CCC(C(=O)Nc1nnn(C)n1)C(N)=S. The first kappa shape index (κ1) is 11.5. The standard InChI is InChI=1S/C7H12N6OS/c1-3-4(5(8)15)6(14)9-7-10-12-13(2)11-7/h4H,3H2,1-2H3,(H2,8,15)(H,9,11,14). The zero-order chi connectivity index (χ0) is 11.4. The number of aromatic nitrogens is 4. The highest BCUT2D eigenvalue weighted by molar-refractivity contribution is 7.80. The van der Waals surface area contributed by atoms with Gasteiger partial charge < -0.3 is 5.73 Å². The Hall–Kier alpha value is -1.57. The van der Waals surface area contributed by atoms with Crippen LogP contribution in [0.15, 0.2) is 0 Å². The van der Waals surface area contributed by atoms with Gasteiger partial charge in [0.15, 0.2) is 0 Å². The van der Waals surface area contributed by atoms with Crippen LogP contribution in [0.2, 0.25) is 0 Å². The zero-order valence-electron chi connectivity index (χ0n) is 8.47. The number of anilines is 1. The van der Waals surface area contributed by atoms with E-state index in [1.165, 1.54) is 4.80 Å². The maximum Gasteiger partial charge on any atom is 0.270 e. The Kier molecular flexibility index (Phi) is 3.67. The molecule has 1 atom stereocenters. The van der Waals surface area contributed by atoms with Gasteiger partial charge in [-0.1, -0.05) is 24.2 Å². The molecule has 0 spiro atoms. The monoisotopic (exact) mass is 228 g/mol. The van der Waals surface area contributed by atoms with Crippen LogP contribution in [0.4, 0.5) is 5.95 Å². The molecule has 0 radical (unpaired) electrons. The highest BCUT2D eigenvalue weighted by atomic mass is 32.1. The van der Waals surface area contributed by atoms with E-state index < -0.39 is 5.92 Å². The fourth-order valence-electron chi connectivity index (χ4n) is 1.05. The van der Waals surface area contributed by atoms with E-state index in [1.54, 1.807) is 7.05 Å². The number of nitrogens with zero attached hydrogens (tertiary/aromatic N) is 4. The molecule has 1 amide bonds. The maximum absolute atomic E-state index is 11.6. The second-order valence-electron chi connectivity index (χ2n) is 2.95. The quantitative estimate of drug-likeness (QED) is 0.672. The van der Waals surface area contributed by atoms with Crippen LogP contribution >= 0.6 is 12.2 Å². The zero-order valence-corrected chi connectivity index (χ0v) is 9.28. The molecule has 1 rings (SSSR count). The van der Waals surface area contributed by atoms with Crippen LogP contribution in [0, 0.1) is 5.92 Å². The number of tetrazole rings is 1. The summed E-state index contributed by atoms with van der Waals surface area (Å²) in [6.45, 7) is 1.83. The van der Waals surface area contributed by atoms with Crippen molar-refractivity contribution in [1.29, 1.82) is 0 Å². The van der Waals surface area contributed by atoms with E-state index in [1.807, 2.05) is 6.92 Å². The van der Waals surface area contributed by atoms with Gasteiger partial charge in [0.05, 0.1) is 18.0 Å². The largest absolute Gasteiger partial charge is 0.393 e. The number of hydrogen-bond acceptors (Lipinski definition) is 5. The molecule has 1 unspecified atom stereocenters. The lowest BCUT2D eigenvalue weighted by molar-refractivity contribution is -0.118. The van der Waals surface area contributed by atoms with Gasteiger partial charge in [0, 0.05) is 0 Å². The molecule has 0 aromatic carbocycles. The molecule has 3 N–H and O–H groups in total. The molecule has 0 fully saturated rings. The van der Waals surface area contributed by atoms with Gasteiger partial charge in [-0.25, -0.2) is 0 Å². The van der Waals surface area contributed by atoms with Gasteiger partial charge in [0.2, 0.25) is 5.91 Å². The van der Waals surface area contributed by atoms with Crippen LogP contribution in [0.1, 0.15) is 13.3 Å². The summed E-state index contributed by atoms with van der Waals surface area (Å²) in [7, 11) is 1.60. The summed E-state index contributed by atoms with van der Waals surface area (Å²) in [5.41, 5.74) is 5.42. The van der Waals surface area contributed by atoms with Crippen molar-refractivity contribution in [3.63, 3.8) is 0 Å². The molecule has 1 aromatic rings. The van der Waals surface area contributed by atoms with E-state index in [4.69, 9.17) is 18.0 Å². The van der Waals surface area contributed by atoms with Gasteiger partial charge in [0.1, 0.15) is 0 Å². The molecule has 7 nitrogen and oxygen atoms in total. The summed E-state index contributed by atoms with van der Waals surface area (Å²) >= 11 is 4.77. The van der Waals surface area contributed by atoms with Crippen molar-refractivity contribution < 1.29 is 4.79 Å². The maximum atomic E-state index is 11.6. The van der Waals surface area contributed by atoms with Crippen molar-refractivity contribution in [2.75, 3.05) is 5.32 Å². The third-order valence-corrected chi connectivity index (χ3v) is 2.10. The first-order chi connectivity index (χ1) is 7.04. The van der Waals surface area contributed by atoms with Crippen LogP contribution in [-0.4, -0.2) is 31.1 Å². The van der Waals surface area contributed by atoms with Gasteiger partial charge in [-0.3, -0.25) is 10.1 Å². The third kappa shape index (κ3) is 2.94. The van der Waals surface area contributed by atoms with Gasteiger partial charge in [-0.15, -0.1) is 5.10 Å². The Balaban J connectivity index is 2.66. The molecule has 1 heterocycles. The van der Waals surface area contributed by atoms with Crippen molar-refractivity contribution >= 4 is 29.1 Å². The van der Waals surface area contributed by atoms with Gasteiger partial charge in [-0.05, 0) is 11.6 Å². The van der Waals surface area contributed by atoms with Crippen LogP contribution in [0.3, 0.4) is 0 Å². The van der Waals surface area contributed by atoms with E-state index in [9.17, 15) is 4.79 Å². The summed E-state index contributed by atoms with van der Waals surface area (Å²) in [6.07, 6.45) is 0.543. The minimum absolute atomic E-state index is 0.150. The number of rotatable bonds is 4. The average Bonchev–Trinajstić information content (AvgIpc) is 2.51. The minimum Gasteiger partial charge on any atom is -0.393 e. The topological polar surface area (TPSA) is 98.7 Å². The van der Waals surface area contributed by atoms with Crippen molar-refractivity contribution in [2.24, 2.45) is 18.7 Å². The Morgan fingerprint density at radius 2 is 2.40 bits per heavy atom. The van der Waals surface area contributed by atoms with E-state index in [0.717, 1.165) is 0 Å². The fraction of sp³-hybridized carbons (Fsp3) is 0.571. The summed E-state index contributed by atoms with van der Waals surface area (Å²) in [5.74, 6) is -0.654. The normalized spacial score (nSPS) is 12.1. The molecule has 0 aliphatic heterocycles. The Labute approximate surface area is 92.0 Å². The van der Waals surface area contributed by atoms with E-state index in [-0.39, 0.29) is 16.8 Å². The summed E-state index contributed by atoms with van der Waals surface area (Å²) in [5, 5.41) is 13.5. The molecular formula is C7H12N6OS. The predicted octanol–water partition coefficient (Wildman–Crippen LogP) is -0.539. The van der Waals surface area contributed by atoms with Crippen molar-refractivity contribution in [2.45, 2.75) is 13.3 Å². The number of nitrogens with two attached hydrogens (primary N) is 1. The average molecular weight is 228 g/mol. The molecule has 82 valence electrons. The minimum atomic E-state index is -0.496. The Bertz CT molecular complexity index is 375.